The molecule has 0 fully saturated rings. The van der Waals surface area contributed by atoms with Crippen molar-refractivity contribution in [3.05, 3.63) is 162 Å². The summed E-state index contributed by atoms with van der Waals surface area (Å²) in [5, 5.41) is 41.7. The highest BCUT2D eigenvalue weighted by Crippen LogP contribution is 2.67. The van der Waals surface area contributed by atoms with Crippen LogP contribution in [0.15, 0.2) is 90.5 Å². The number of benzene rings is 7. The highest BCUT2D eigenvalue weighted by molar-refractivity contribution is 6.02. The Morgan fingerprint density at radius 3 is 0.887 bits per heavy atom. The van der Waals surface area contributed by atoms with E-state index < -0.39 is 10.8 Å². The number of hydrogen-bond donors (Lipinski definition) is 0. The second kappa shape index (κ2) is 14.9. The van der Waals surface area contributed by atoms with E-state index in [4.69, 9.17) is 49.8 Å². The predicted octanol–water partition coefficient (Wildman–Crippen LogP) is 17.5. The maximum atomic E-state index is 11.1. The van der Waals surface area contributed by atoms with Crippen molar-refractivity contribution in [1.29, 1.82) is 21.0 Å². The van der Waals surface area contributed by atoms with Gasteiger partial charge in [-0.25, -0.2) is 9.69 Å². The van der Waals surface area contributed by atoms with Gasteiger partial charge in [0.25, 0.3) is 0 Å². The van der Waals surface area contributed by atoms with E-state index in [1.807, 2.05) is 36.4 Å². The van der Waals surface area contributed by atoms with Gasteiger partial charge in [-0.3, -0.25) is 0 Å². The molecule has 6 aliphatic rings. The molecule has 0 bridgehead atoms. The van der Waals surface area contributed by atoms with Crippen LogP contribution in [0.25, 0.3) is 54.4 Å². The molecule has 7 aromatic carbocycles. The maximum Gasteiger partial charge on any atom is 0.198 e. The minimum absolute atomic E-state index is 0.0174. The zero-order valence-electron chi connectivity index (χ0n) is 44.7. The Morgan fingerprint density at radius 2 is 0.600 bits per heavy atom. The van der Waals surface area contributed by atoms with Crippen LogP contribution in [0.3, 0.4) is 0 Å². The van der Waals surface area contributed by atoms with Crippen molar-refractivity contribution in [2.75, 3.05) is 0 Å². The minimum atomic E-state index is -0.518. The average molecular weight is 1050 g/mol. The van der Waals surface area contributed by atoms with Crippen LogP contribution in [0, 0.1) is 58.5 Å². The largest absolute Gasteiger partial charge is 0.451 e. The molecule has 2 aromatic heterocycles. The van der Waals surface area contributed by atoms with Crippen LogP contribution < -0.4 is 18.9 Å². The molecule has 2 atom stereocenters. The first-order valence-electron chi connectivity index (χ1n) is 26.3. The van der Waals surface area contributed by atoms with Crippen LogP contribution in [0.2, 0.25) is 0 Å². The molecule has 0 N–H and O–H groups in total. The van der Waals surface area contributed by atoms with E-state index in [9.17, 15) is 21.0 Å². The topological polar surface area (TPSA) is 193 Å². The van der Waals surface area contributed by atoms with E-state index >= 15 is 0 Å². The number of ether oxygens (including phenoxy) is 4. The molecule has 14 heteroatoms. The summed E-state index contributed by atoms with van der Waals surface area (Å²) in [6, 6.07) is 31.3. The fraction of sp³-hybridized carbons (Fsp3) is 0.273. The summed E-state index contributed by atoms with van der Waals surface area (Å²) < 4.78 is 53.0. The predicted molar refractivity (Wildman–Crippen MR) is 293 cm³/mol. The lowest BCUT2D eigenvalue weighted by Crippen LogP contribution is -2.27. The zero-order valence-corrected chi connectivity index (χ0v) is 44.7. The number of nitrogens with zero attached hydrogens (tertiary/aromatic N) is 6. The Balaban J connectivity index is 0.873. The van der Waals surface area contributed by atoms with E-state index in [0.717, 1.165) is 70.2 Å². The summed E-state index contributed by atoms with van der Waals surface area (Å²) in [6.07, 6.45) is 2.99. The van der Waals surface area contributed by atoms with Gasteiger partial charge in [-0.15, -0.1) is 0 Å². The smallest absolute Gasteiger partial charge is 0.198 e. The Labute approximate surface area is 458 Å². The normalized spacial score (nSPS) is 20.6. The van der Waals surface area contributed by atoms with E-state index in [0.29, 0.717) is 68.3 Å². The van der Waals surface area contributed by atoms with E-state index in [2.05, 4.69) is 101 Å². The zero-order chi connectivity index (χ0) is 55.5. The van der Waals surface area contributed by atoms with Gasteiger partial charge in [-0.1, -0.05) is 55.4 Å². The van der Waals surface area contributed by atoms with E-state index in [-0.39, 0.29) is 77.6 Å². The summed E-state index contributed by atoms with van der Waals surface area (Å²) in [4.78, 5) is 7.09. The molecule has 14 nitrogen and oxygen atoms in total. The quantitative estimate of drug-likeness (QED) is 0.103. The molecular weight excluding hydrogens is 1000 g/mol. The van der Waals surface area contributed by atoms with Crippen molar-refractivity contribution in [2.45, 2.75) is 114 Å². The third-order valence-electron chi connectivity index (χ3n) is 18.2. The monoisotopic (exact) mass is 1050 g/mol. The van der Waals surface area contributed by atoms with Crippen molar-refractivity contribution in [3.63, 3.8) is 0 Å². The second-order valence-corrected chi connectivity index (χ2v) is 25.0. The molecule has 9 aromatic rings. The molecule has 15 rings (SSSR count). The van der Waals surface area contributed by atoms with Crippen LogP contribution in [-0.4, -0.2) is 0 Å². The van der Waals surface area contributed by atoms with Gasteiger partial charge >= 0.3 is 0 Å². The molecule has 80 heavy (non-hydrogen) atoms. The first kappa shape index (κ1) is 47.1. The van der Waals surface area contributed by atoms with Crippen LogP contribution in [-0.2, 0) is 32.5 Å². The lowest BCUT2D eigenvalue weighted by atomic mass is 9.72. The van der Waals surface area contributed by atoms with Crippen molar-refractivity contribution >= 4 is 56.0 Å². The van der Waals surface area contributed by atoms with Crippen molar-refractivity contribution in [2.24, 2.45) is 0 Å². The summed E-state index contributed by atoms with van der Waals surface area (Å²) >= 11 is 0. The highest BCUT2D eigenvalue weighted by Gasteiger charge is 2.59. The molecule has 0 radical (unpaired) electrons. The van der Waals surface area contributed by atoms with Gasteiger partial charge in [0.1, 0.15) is 35.4 Å². The van der Waals surface area contributed by atoms with Crippen LogP contribution in [0.4, 0.5) is 11.4 Å². The Hall–Kier alpha value is -10.1. The number of nitriles is 4. The van der Waals surface area contributed by atoms with Crippen LogP contribution >= 0.6 is 0 Å². The first-order chi connectivity index (χ1) is 38.2. The summed E-state index contributed by atoms with van der Waals surface area (Å²) in [6.45, 7) is 33.1. The number of hydrogen-bond acceptors (Lipinski definition) is 12. The first-order valence-corrected chi connectivity index (χ1v) is 26.3. The number of rotatable bonds is 0. The SMILES string of the molecule is [C-]#[N+]c1cc2c(cc1[N+]#[C-])Oc1cc3c(cc1O2)C(C)(C)C[C@@]31CC(C)(C)c2cc3oc4c(C#N)c5oc6cc7c(cc6oc5c(C#N)c4oc3cc21)C(C)(C)C[C@]71CC(C)(C)c2cc3c(cc21)Oc1cc(C#N)c(C#N)cc1O3. The highest BCUT2D eigenvalue weighted by atomic mass is 16.6. The van der Waals surface area contributed by atoms with Gasteiger partial charge in [0.05, 0.1) is 24.3 Å². The lowest BCUT2D eigenvalue weighted by molar-refractivity contribution is 0.348. The standard InChI is InChI=1S/C66H44N6O8/c1-61(2)27-65(39-17-49-47(13-35(39)61)73-45-11-31(23-67)32(24-68)12-46(45)74-49)29-63(5,6)37-15-51-53(19-41(37)65)79-59-33(25-69)58-60(34(26-70)57(59)77-51)80-54-20-42-38(16-52(54)78-58)64(7,8)30-66(42)28-62(3,4)36-14-48-50(18-40(36)66)76-56-22-44(72-10)43(71-9)21-55(56)75-48/h11-22H,27-30H2,1-8H3/t65-,66+/m0/s1. The molecule has 0 unspecified atom stereocenters. The molecular formula is C66H44N6O8. The maximum absolute atomic E-state index is 11.1. The summed E-state index contributed by atoms with van der Waals surface area (Å²) in [5.74, 6) is 3.54. The molecule has 2 aliphatic heterocycles. The Kier molecular flexibility index (Phi) is 8.78. The second-order valence-electron chi connectivity index (χ2n) is 25.0. The molecule has 4 heterocycles. The minimum Gasteiger partial charge on any atom is -0.451 e. The third kappa shape index (κ3) is 5.95. The van der Waals surface area contributed by atoms with Gasteiger partial charge in [0.15, 0.2) is 102 Å². The summed E-state index contributed by atoms with van der Waals surface area (Å²) in [5.41, 5.74) is 8.78. The molecule has 0 amide bonds. The summed E-state index contributed by atoms with van der Waals surface area (Å²) in [7, 11) is 0. The van der Waals surface area contributed by atoms with Crippen molar-refractivity contribution in [1.82, 2.24) is 0 Å². The van der Waals surface area contributed by atoms with Gasteiger partial charge in [-0.05, 0) is 153 Å². The molecule has 4 aliphatic carbocycles. The molecule has 386 valence electrons. The van der Waals surface area contributed by atoms with Crippen LogP contribution in [0.5, 0.6) is 46.0 Å². The third-order valence-corrected chi connectivity index (χ3v) is 18.2. The van der Waals surface area contributed by atoms with Crippen molar-refractivity contribution < 1.29 is 36.6 Å². The van der Waals surface area contributed by atoms with Crippen LogP contribution in [0.1, 0.15) is 148 Å². The van der Waals surface area contributed by atoms with E-state index in [1.165, 1.54) is 0 Å². The molecule has 0 saturated carbocycles. The molecule has 2 spiro atoms. The average Bonchev–Trinajstić information content (AvgIpc) is 3.68. The van der Waals surface area contributed by atoms with Gasteiger partial charge in [0.2, 0.25) is 0 Å². The molecule has 0 saturated heterocycles. The van der Waals surface area contributed by atoms with Gasteiger partial charge in [-0.2, -0.15) is 21.0 Å². The Morgan fingerprint density at radius 1 is 0.350 bits per heavy atom. The fourth-order valence-electron chi connectivity index (χ4n) is 15.2. The Bertz CT molecular complexity index is 4530. The van der Waals surface area contributed by atoms with E-state index in [1.54, 1.807) is 24.3 Å². The number of fused-ring (bicyclic) bond motifs is 16. The lowest BCUT2D eigenvalue weighted by Gasteiger charge is -2.31. The van der Waals surface area contributed by atoms with Crippen molar-refractivity contribution in [3.8, 4) is 70.3 Å². The van der Waals surface area contributed by atoms with Gasteiger partial charge in [0, 0.05) is 23.0 Å². The fourth-order valence-corrected chi connectivity index (χ4v) is 15.2. The van der Waals surface area contributed by atoms with Gasteiger partial charge < -0.3 is 36.6 Å².